The summed E-state index contributed by atoms with van der Waals surface area (Å²) in [5, 5.41) is 12.7. The Kier molecular flexibility index (Phi) is 5.68. The largest absolute Gasteiger partial charge is 0.415 e. The molecule has 4 aromatic rings. The molecule has 0 amide bonds. The molecule has 2 heterocycles. The Morgan fingerprint density at radius 1 is 1.09 bits per heavy atom. The topological polar surface area (TPSA) is 103 Å². The van der Waals surface area contributed by atoms with Crippen molar-refractivity contribution in [3.05, 3.63) is 59.6 Å². The minimum Gasteiger partial charge on any atom is -0.415 e. The number of halogens is 2. The van der Waals surface area contributed by atoms with E-state index in [9.17, 15) is 17.2 Å². The molecule has 2 aromatic heterocycles. The molecule has 0 aliphatic carbocycles. The summed E-state index contributed by atoms with van der Waals surface area (Å²) in [6.07, 6.45) is -1.18. The number of anilines is 1. The average Bonchev–Trinajstić information content (AvgIpc) is 3.33. The quantitative estimate of drug-likeness (QED) is 0.433. The van der Waals surface area contributed by atoms with Crippen LogP contribution in [0.15, 0.2) is 46.9 Å². The number of sulfonamides is 1. The highest BCUT2D eigenvalue weighted by Crippen LogP contribution is 2.28. The van der Waals surface area contributed by atoms with Gasteiger partial charge in [-0.25, -0.2) is 8.42 Å². The first-order valence-corrected chi connectivity index (χ1v) is 11.7. The highest BCUT2D eigenvalue weighted by atomic mass is 32.2. The summed E-state index contributed by atoms with van der Waals surface area (Å²) in [7, 11) is -3.39. The van der Waals surface area contributed by atoms with Gasteiger partial charge in [-0.1, -0.05) is 12.1 Å². The second-order valence-corrected chi connectivity index (χ2v) is 9.46. The van der Waals surface area contributed by atoms with E-state index in [0.29, 0.717) is 17.7 Å². The van der Waals surface area contributed by atoms with Crippen molar-refractivity contribution in [3.8, 4) is 11.5 Å². The lowest BCUT2D eigenvalue weighted by atomic mass is 10.0. The van der Waals surface area contributed by atoms with E-state index < -0.39 is 22.3 Å². The molecular formula is C21H21F2N5O3S. The van der Waals surface area contributed by atoms with Crippen LogP contribution in [0.25, 0.3) is 22.4 Å². The fourth-order valence-electron chi connectivity index (χ4n) is 3.40. The van der Waals surface area contributed by atoms with Crippen LogP contribution in [0.5, 0.6) is 0 Å². The standard InChI is InChI=1S/C21H21F2N5O3S/c1-12(2)28-18-11-15(27-32(3,29)30)8-9-16(18)17(26-28)10-13-4-6-14(7-5-13)20-24-25-21(31-20)19(22)23/h4-9,11-12,19,27H,10H2,1-3H3. The molecule has 0 saturated heterocycles. The van der Waals surface area contributed by atoms with E-state index in [1.165, 1.54) is 0 Å². The first-order chi connectivity index (χ1) is 15.1. The van der Waals surface area contributed by atoms with Gasteiger partial charge in [-0.05, 0) is 49.7 Å². The van der Waals surface area contributed by atoms with Crippen molar-refractivity contribution in [2.24, 2.45) is 0 Å². The average molecular weight is 461 g/mol. The molecule has 32 heavy (non-hydrogen) atoms. The van der Waals surface area contributed by atoms with Gasteiger partial charge in [0.2, 0.25) is 15.9 Å². The van der Waals surface area contributed by atoms with Crippen molar-refractivity contribution < 1.29 is 21.6 Å². The zero-order valence-corrected chi connectivity index (χ0v) is 18.4. The van der Waals surface area contributed by atoms with Crippen molar-refractivity contribution in [1.29, 1.82) is 0 Å². The maximum absolute atomic E-state index is 12.7. The van der Waals surface area contributed by atoms with Gasteiger partial charge >= 0.3 is 6.43 Å². The van der Waals surface area contributed by atoms with Gasteiger partial charge in [0.1, 0.15) is 0 Å². The Bertz CT molecular complexity index is 1360. The Morgan fingerprint density at radius 3 is 2.41 bits per heavy atom. The molecule has 0 fully saturated rings. The van der Waals surface area contributed by atoms with Crippen LogP contribution in [0.3, 0.4) is 0 Å². The molecule has 0 aliphatic heterocycles. The Hall–Kier alpha value is -3.34. The summed E-state index contributed by atoms with van der Waals surface area (Å²) in [6, 6.07) is 12.6. The molecule has 168 valence electrons. The van der Waals surface area contributed by atoms with E-state index >= 15 is 0 Å². The van der Waals surface area contributed by atoms with Crippen molar-refractivity contribution in [1.82, 2.24) is 20.0 Å². The summed E-state index contributed by atoms with van der Waals surface area (Å²) in [4.78, 5) is 0. The van der Waals surface area contributed by atoms with Gasteiger partial charge in [0, 0.05) is 23.4 Å². The van der Waals surface area contributed by atoms with Gasteiger partial charge in [0.15, 0.2) is 0 Å². The monoisotopic (exact) mass is 461 g/mol. The Balaban J connectivity index is 1.63. The summed E-state index contributed by atoms with van der Waals surface area (Å²) in [5.41, 5.74) is 3.63. The molecule has 1 N–H and O–H groups in total. The normalized spacial score (nSPS) is 12.2. The summed E-state index contributed by atoms with van der Waals surface area (Å²) < 4.78 is 57.8. The van der Waals surface area contributed by atoms with Gasteiger partial charge in [-0.3, -0.25) is 9.40 Å². The molecule has 0 saturated carbocycles. The van der Waals surface area contributed by atoms with Gasteiger partial charge in [0.05, 0.1) is 23.2 Å². The van der Waals surface area contributed by atoms with E-state index in [4.69, 9.17) is 9.52 Å². The zero-order chi connectivity index (χ0) is 23.0. The van der Waals surface area contributed by atoms with E-state index in [0.717, 1.165) is 28.4 Å². The van der Waals surface area contributed by atoms with Gasteiger partial charge in [-0.2, -0.15) is 13.9 Å². The number of nitrogens with one attached hydrogen (secondary N) is 1. The SMILES string of the molecule is CC(C)n1nc(Cc2ccc(-c3nnc(C(F)F)o3)cc2)c2ccc(NS(C)(=O)=O)cc21. The van der Waals surface area contributed by atoms with Gasteiger partial charge in [0.25, 0.3) is 5.89 Å². The first kappa shape index (κ1) is 21.9. The van der Waals surface area contributed by atoms with Crippen LogP contribution in [-0.4, -0.2) is 34.7 Å². The highest BCUT2D eigenvalue weighted by Gasteiger charge is 2.18. The molecule has 0 aliphatic rings. The molecule has 8 nitrogen and oxygen atoms in total. The number of hydrogen-bond acceptors (Lipinski definition) is 6. The molecule has 0 atom stereocenters. The predicted octanol–water partition coefficient (Wildman–Crippen LogP) is 4.57. The summed E-state index contributed by atoms with van der Waals surface area (Å²) >= 11 is 0. The molecule has 0 radical (unpaired) electrons. The Morgan fingerprint density at radius 2 is 1.81 bits per heavy atom. The van der Waals surface area contributed by atoms with Crippen LogP contribution in [0.1, 0.15) is 43.5 Å². The maximum Gasteiger partial charge on any atom is 0.314 e. The third-order valence-electron chi connectivity index (χ3n) is 4.78. The van der Waals surface area contributed by atoms with Crippen LogP contribution in [0.4, 0.5) is 14.5 Å². The third kappa shape index (κ3) is 4.62. The van der Waals surface area contributed by atoms with Gasteiger partial charge in [-0.15, -0.1) is 10.2 Å². The highest BCUT2D eigenvalue weighted by molar-refractivity contribution is 7.92. The van der Waals surface area contributed by atoms with Crippen LogP contribution in [-0.2, 0) is 16.4 Å². The predicted molar refractivity (Wildman–Crippen MR) is 116 cm³/mol. The molecule has 2 aromatic carbocycles. The van der Waals surface area contributed by atoms with Crippen molar-refractivity contribution in [2.75, 3.05) is 11.0 Å². The second-order valence-electron chi connectivity index (χ2n) is 7.71. The fraction of sp³-hybridized carbons (Fsp3) is 0.286. The minimum absolute atomic E-state index is 0.0345. The number of hydrogen-bond donors (Lipinski definition) is 1. The lowest BCUT2D eigenvalue weighted by Crippen LogP contribution is -2.09. The van der Waals surface area contributed by atoms with Crippen LogP contribution >= 0.6 is 0 Å². The van der Waals surface area contributed by atoms with E-state index in [2.05, 4.69) is 14.9 Å². The van der Waals surface area contributed by atoms with Gasteiger partial charge < -0.3 is 4.42 Å². The first-order valence-electron chi connectivity index (χ1n) is 9.80. The van der Waals surface area contributed by atoms with E-state index in [-0.39, 0.29) is 11.9 Å². The zero-order valence-electron chi connectivity index (χ0n) is 17.6. The van der Waals surface area contributed by atoms with Crippen molar-refractivity contribution >= 4 is 26.6 Å². The number of alkyl halides is 2. The molecule has 11 heteroatoms. The number of aromatic nitrogens is 4. The lowest BCUT2D eigenvalue weighted by Gasteiger charge is -2.08. The van der Waals surface area contributed by atoms with Crippen LogP contribution in [0, 0.1) is 0 Å². The second kappa shape index (κ2) is 8.30. The summed E-state index contributed by atoms with van der Waals surface area (Å²) in [5.74, 6) is -0.674. The molecule has 0 bridgehead atoms. The molecular weight excluding hydrogens is 440 g/mol. The molecule has 0 spiro atoms. The summed E-state index contributed by atoms with van der Waals surface area (Å²) in [6.45, 7) is 4.00. The Labute approximate surface area is 183 Å². The van der Waals surface area contributed by atoms with E-state index in [1.54, 1.807) is 24.3 Å². The van der Waals surface area contributed by atoms with Crippen molar-refractivity contribution in [3.63, 3.8) is 0 Å². The number of nitrogens with zero attached hydrogens (tertiary/aromatic N) is 4. The number of fused-ring (bicyclic) bond motifs is 1. The smallest absolute Gasteiger partial charge is 0.314 e. The number of rotatable bonds is 7. The molecule has 4 rings (SSSR count). The maximum atomic E-state index is 12.7. The molecule has 0 unspecified atom stereocenters. The van der Waals surface area contributed by atoms with Crippen LogP contribution < -0.4 is 4.72 Å². The van der Waals surface area contributed by atoms with E-state index in [1.807, 2.05) is 36.7 Å². The lowest BCUT2D eigenvalue weighted by molar-refractivity contribution is 0.116. The minimum atomic E-state index is -3.39. The third-order valence-corrected chi connectivity index (χ3v) is 5.38. The van der Waals surface area contributed by atoms with Crippen LogP contribution in [0.2, 0.25) is 0 Å². The number of benzene rings is 2. The van der Waals surface area contributed by atoms with Crippen molar-refractivity contribution in [2.45, 2.75) is 32.7 Å². The fourth-order valence-corrected chi connectivity index (χ4v) is 3.96.